The van der Waals surface area contributed by atoms with Crippen molar-refractivity contribution >= 4 is 34.5 Å². The van der Waals surface area contributed by atoms with Gasteiger partial charge >= 0.3 is 0 Å². The minimum atomic E-state index is -0.188. The lowest BCUT2D eigenvalue weighted by atomic mass is 10.2. The Morgan fingerprint density at radius 1 is 1.50 bits per heavy atom. The standard InChI is InChI=1S/C12H11BrN2O2S/c1-7-4-8(17-15-7)6-14-12(16)10-5-9(18)2-3-11(10)13/h2-5,18H,6H2,1H3,(H,14,16). The zero-order valence-corrected chi connectivity index (χ0v) is 12.1. The summed E-state index contributed by atoms with van der Waals surface area (Å²) in [6.45, 7) is 2.14. The van der Waals surface area contributed by atoms with Crippen LogP contribution in [0.25, 0.3) is 0 Å². The summed E-state index contributed by atoms with van der Waals surface area (Å²) in [7, 11) is 0. The minimum absolute atomic E-state index is 0.188. The summed E-state index contributed by atoms with van der Waals surface area (Å²) in [6, 6.07) is 7.08. The molecule has 0 aliphatic rings. The number of halogens is 1. The maximum atomic E-state index is 12.0. The van der Waals surface area contributed by atoms with Crippen molar-refractivity contribution < 1.29 is 9.32 Å². The molecule has 0 saturated carbocycles. The molecule has 1 amide bonds. The zero-order chi connectivity index (χ0) is 13.1. The summed E-state index contributed by atoms with van der Waals surface area (Å²) in [4.78, 5) is 12.7. The number of hydrogen-bond donors (Lipinski definition) is 2. The Hall–Kier alpha value is -1.27. The van der Waals surface area contributed by atoms with Crippen molar-refractivity contribution in [1.82, 2.24) is 10.5 Å². The number of carbonyl (C=O) groups is 1. The molecule has 94 valence electrons. The first-order valence-electron chi connectivity index (χ1n) is 5.25. The van der Waals surface area contributed by atoms with Crippen LogP contribution in [0.4, 0.5) is 0 Å². The van der Waals surface area contributed by atoms with E-state index in [1.807, 2.05) is 13.0 Å². The molecule has 6 heteroatoms. The maximum Gasteiger partial charge on any atom is 0.252 e. The van der Waals surface area contributed by atoms with Gasteiger partial charge in [0, 0.05) is 15.4 Å². The molecule has 0 fully saturated rings. The second kappa shape index (κ2) is 5.58. The van der Waals surface area contributed by atoms with Gasteiger partial charge in [0.1, 0.15) is 0 Å². The molecule has 18 heavy (non-hydrogen) atoms. The van der Waals surface area contributed by atoms with Gasteiger partial charge in [-0.2, -0.15) is 0 Å². The van der Waals surface area contributed by atoms with Crippen molar-refractivity contribution in [2.24, 2.45) is 0 Å². The number of aromatic nitrogens is 1. The van der Waals surface area contributed by atoms with Gasteiger partial charge in [-0.15, -0.1) is 12.6 Å². The predicted molar refractivity (Wildman–Crippen MR) is 73.8 cm³/mol. The molecular weight excluding hydrogens is 316 g/mol. The van der Waals surface area contributed by atoms with E-state index in [4.69, 9.17) is 4.52 Å². The summed E-state index contributed by atoms with van der Waals surface area (Å²) in [5.74, 6) is 0.436. The average Bonchev–Trinajstić information content (AvgIpc) is 2.75. The lowest BCUT2D eigenvalue weighted by Crippen LogP contribution is -2.23. The van der Waals surface area contributed by atoms with Crippen molar-refractivity contribution in [1.29, 1.82) is 0 Å². The highest BCUT2D eigenvalue weighted by Crippen LogP contribution is 2.20. The molecule has 1 N–H and O–H groups in total. The maximum absolute atomic E-state index is 12.0. The van der Waals surface area contributed by atoms with Gasteiger partial charge in [0.2, 0.25) is 0 Å². The molecule has 0 aliphatic carbocycles. The van der Waals surface area contributed by atoms with E-state index in [-0.39, 0.29) is 5.91 Å². The van der Waals surface area contributed by atoms with Crippen LogP contribution < -0.4 is 5.32 Å². The lowest BCUT2D eigenvalue weighted by molar-refractivity contribution is 0.0946. The van der Waals surface area contributed by atoms with Crippen LogP contribution in [0.2, 0.25) is 0 Å². The molecule has 0 radical (unpaired) electrons. The van der Waals surface area contributed by atoms with Gasteiger partial charge in [-0.3, -0.25) is 4.79 Å². The van der Waals surface area contributed by atoms with E-state index in [1.165, 1.54) is 0 Å². The molecular formula is C12H11BrN2O2S. The van der Waals surface area contributed by atoms with Gasteiger partial charge in [-0.05, 0) is 41.1 Å². The van der Waals surface area contributed by atoms with Crippen LogP contribution in [0.3, 0.4) is 0 Å². The largest absolute Gasteiger partial charge is 0.359 e. The number of nitrogens with zero attached hydrogens (tertiary/aromatic N) is 1. The molecule has 0 bridgehead atoms. The van der Waals surface area contributed by atoms with E-state index in [2.05, 4.69) is 39.0 Å². The van der Waals surface area contributed by atoms with Gasteiger partial charge in [-0.25, -0.2) is 0 Å². The first kappa shape index (κ1) is 13.2. The molecule has 0 spiro atoms. The normalized spacial score (nSPS) is 10.4. The van der Waals surface area contributed by atoms with Gasteiger partial charge in [0.25, 0.3) is 5.91 Å². The van der Waals surface area contributed by atoms with Crippen LogP contribution in [0.15, 0.2) is 38.2 Å². The summed E-state index contributed by atoms with van der Waals surface area (Å²) < 4.78 is 5.74. The fourth-order valence-electron chi connectivity index (χ4n) is 1.45. The Bertz CT molecular complexity index is 583. The summed E-state index contributed by atoms with van der Waals surface area (Å²) in [6.07, 6.45) is 0. The van der Waals surface area contributed by atoms with Crippen LogP contribution in [0.5, 0.6) is 0 Å². The fraction of sp³-hybridized carbons (Fsp3) is 0.167. The molecule has 0 aliphatic heterocycles. The Labute approximate surface area is 118 Å². The van der Waals surface area contributed by atoms with Crippen molar-refractivity contribution in [2.75, 3.05) is 0 Å². The molecule has 0 saturated heterocycles. The number of aryl methyl sites for hydroxylation is 1. The second-order valence-corrected chi connectivity index (χ2v) is 5.15. The third kappa shape index (κ3) is 3.14. The third-order valence-electron chi connectivity index (χ3n) is 2.29. The molecule has 1 heterocycles. The van der Waals surface area contributed by atoms with Crippen LogP contribution in [-0.2, 0) is 6.54 Å². The monoisotopic (exact) mass is 326 g/mol. The predicted octanol–water partition coefficient (Wildman–Crippen LogP) is 2.96. The highest BCUT2D eigenvalue weighted by atomic mass is 79.9. The molecule has 1 aromatic heterocycles. The van der Waals surface area contributed by atoms with Crippen LogP contribution >= 0.6 is 28.6 Å². The Morgan fingerprint density at radius 3 is 2.94 bits per heavy atom. The molecule has 2 rings (SSSR count). The molecule has 2 aromatic rings. The number of carbonyl (C=O) groups excluding carboxylic acids is 1. The molecule has 0 atom stereocenters. The van der Waals surface area contributed by atoms with Gasteiger partial charge in [0.15, 0.2) is 5.76 Å². The average molecular weight is 327 g/mol. The van der Waals surface area contributed by atoms with E-state index >= 15 is 0 Å². The number of rotatable bonds is 3. The zero-order valence-electron chi connectivity index (χ0n) is 9.61. The van der Waals surface area contributed by atoms with E-state index < -0.39 is 0 Å². The molecule has 1 aromatic carbocycles. The highest BCUT2D eigenvalue weighted by Gasteiger charge is 2.11. The number of hydrogen-bond acceptors (Lipinski definition) is 4. The van der Waals surface area contributed by atoms with Crippen molar-refractivity contribution in [3.63, 3.8) is 0 Å². The smallest absolute Gasteiger partial charge is 0.252 e. The Morgan fingerprint density at radius 2 is 2.28 bits per heavy atom. The topological polar surface area (TPSA) is 55.1 Å². The SMILES string of the molecule is Cc1cc(CNC(=O)c2cc(S)ccc2Br)on1. The molecule has 0 unspecified atom stereocenters. The third-order valence-corrected chi connectivity index (χ3v) is 3.26. The van der Waals surface area contributed by atoms with Crippen molar-refractivity contribution in [2.45, 2.75) is 18.4 Å². The van der Waals surface area contributed by atoms with Gasteiger partial charge in [-0.1, -0.05) is 5.16 Å². The van der Waals surface area contributed by atoms with E-state index in [0.29, 0.717) is 17.9 Å². The van der Waals surface area contributed by atoms with Gasteiger partial charge < -0.3 is 9.84 Å². The van der Waals surface area contributed by atoms with E-state index in [9.17, 15) is 4.79 Å². The van der Waals surface area contributed by atoms with Crippen LogP contribution in [0.1, 0.15) is 21.8 Å². The summed E-state index contributed by atoms with van der Waals surface area (Å²) in [5.41, 5.74) is 1.33. The van der Waals surface area contributed by atoms with Crippen LogP contribution in [0, 0.1) is 6.92 Å². The van der Waals surface area contributed by atoms with Gasteiger partial charge in [0.05, 0.1) is 17.8 Å². The first-order valence-corrected chi connectivity index (χ1v) is 6.49. The van der Waals surface area contributed by atoms with Crippen molar-refractivity contribution in [3.05, 3.63) is 45.8 Å². The first-order chi connectivity index (χ1) is 8.56. The summed E-state index contributed by atoms with van der Waals surface area (Å²) >= 11 is 7.54. The quantitative estimate of drug-likeness (QED) is 0.852. The lowest BCUT2D eigenvalue weighted by Gasteiger charge is -2.05. The number of nitrogens with one attached hydrogen (secondary N) is 1. The number of benzene rings is 1. The van der Waals surface area contributed by atoms with E-state index in [1.54, 1.807) is 18.2 Å². The van der Waals surface area contributed by atoms with Crippen molar-refractivity contribution in [3.8, 4) is 0 Å². The summed E-state index contributed by atoms with van der Waals surface area (Å²) in [5, 5.41) is 6.51. The fourth-order valence-corrected chi connectivity index (χ4v) is 2.08. The van der Waals surface area contributed by atoms with E-state index in [0.717, 1.165) is 15.1 Å². The Kier molecular flexibility index (Phi) is 4.08. The number of amides is 1. The minimum Gasteiger partial charge on any atom is -0.359 e. The Balaban J connectivity index is 2.05. The number of thiol groups is 1. The molecule has 4 nitrogen and oxygen atoms in total. The highest BCUT2D eigenvalue weighted by molar-refractivity contribution is 9.10. The second-order valence-electron chi connectivity index (χ2n) is 3.78. The van der Waals surface area contributed by atoms with Crippen LogP contribution in [-0.4, -0.2) is 11.1 Å².